The van der Waals surface area contributed by atoms with Gasteiger partial charge in [0, 0.05) is 77.5 Å². The predicted octanol–water partition coefficient (Wildman–Crippen LogP) is 2.46. The molecule has 2 saturated heterocycles. The van der Waals surface area contributed by atoms with E-state index in [4.69, 9.17) is 4.52 Å². The molecule has 2 fully saturated rings. The summed E-state index contributed by atoms with van der Waals surface area (Å²) in [7, 11) is 3.94. The molecule has 0 saturated carbocycles. The number of piperazine rings is 1. The van der Waals surface area contributed by atoms with Crippen molar-refractivity contribution in [1.29, 1.82) is 0 Å². The van der Waals surface area contributed by atoms with Gasteiger partial charge in [-0.05, 0) is 37.5 Å². The van der Waals surface area contributed by atoms with Crippen molar-refractivity contribution in [3.05, 3.63) is 41.5 Å². The molecule has 1 aromatic heterocycles. The Morgan fingerprint density at radius 1 is 1.00 bits per heavy atom. The van der Waals surface area contributed by atoms with E-state index in [1.165, 1.54) is 6.42 Å². The fourth-order valence-corrected chi connectivity index (χ4v) is 4.38. The van der Waals surface area contributed by atoms with Crippen LogP contribution in [0.25, 0.3) is 0 Å². The third-order valence-electron chi connectivity index (χ3n) is 6.41. The maximum Gasteiger partial charge on any atom is 0.254 e. The van der Waals surface area contributed by atoms with E-state index in [0.29, 0.717) is 44.2 Å². The lowest BCUT2D eigenvalue weighted by molar-refractivity contribution is -0.132. The number of halogens is 1. The first kappa shape index (κ1) is 26.0. The van der Waals surface area contributed by atoms with E-state index in [2.05, 4.69) is 15.0 Å². The van der Waals surface area contributed by atoms with Crippen LogP contribution in [0.2, 0.25) is 0 Å². The van der Waals surface area contributed by atoms with E-state index < -0.39 is 0 Å². The van der Waals surface area contributed by atoms with Crippen LogP contribution in [0.3, 0.4) is 0 Å². The number of anilines is 1. The highest BCUT2D eigenvalue weighted by molar-refractivity contribution is 5.95. The van der Waals surface area contributed by atoms with E-state index in [1.807, 2.05) is 53.1 Å². The third-order valence-corrected chi connectivity index (χ3v) is 6.41. The number of rotatable bonds is 7. The summed E-state index contributed by atoms with van der Waals surface area (Å²) in [6.45, 7) is 5.17. The molecule has 0 unspecified atom stereocenters. The summed E-state index contributed by atoms with van der Waals surface area (Å²) in [5.74, 6) is 1.39. The summed E-state index contributed by atoms with van der Waals surface area (Å²) >= 11 is 0. The van der Waals surface area contributed by atoms with Crippen LogP contribution in [0.4, 0.5) is 5.69 Å². The van der Waals surface area contributed by atoms with E-state index >= 15 is 0 Å². The molecule has 2 amide bonds. The zero-order valence-corrected chi connectivity index (χ0v) is 20.9. The smallest absolute Gasteiger partial charge is 0.254 e. The topological polar surface area (TPSA) is 86.0 Å². The zero-order valence-electron chi connectivity index (χ0n) is 20.1. The molecule has 4 rings (SSSR count). The van der Waals surface area contributed by atoms with Gasteiger partial charge in [0.25, 0.3) is 5.91 Å². The van der Waals surface area contributed by atoms with Gasteiger partial charge in [0.05, 0.1) is 6.54 Å². The van der Waals surface area contributed by atoms with Crippen molar-refractivity contribution in [2.75, 3.05) is 58.3 Å². The third kappa shape index (κ3) is 6.70. The molecule has 0 N–H and O–H groups in total. The standard InChI is InChI=1S/C24H34N6O3.ClH/c1-27(2)20-8-6-7-19(17-20)24(32)30-15-13-28(14-16-30)18-21-25-22(33-26-21)9-10-23(31)29-11-4-3-5-12-29;/h6-8,17H,3-5,9-16,18H2,1-2H3;1H. The van der Waals surface area contributed by atoms with Crippen LogP contribution in [0, 0.1) is 0 Å². The lowest BCUT2D eigenvalue weighted by Gasteiger charge is -2.34. The van der Waals surface area contributed by atoms with Crippen molar-refractivity contribution in [3.8, 4) is 0 Å². The average molecular weight is 491 g/mol. The van der Waals surface area contributed by atoms with Crippen LogP contribution < -0.4 is 4.90 Å². The molecule has 0 bridgehead atoms. The minimum atomic E-state index is 0. The monoisotopic (exact) mass is 490 g/mol. The van der Waals surface area contributed by atoms with Crippen molar-refractivity contribution < 1.29 is 14.1 Å². The molecule has 34 heavy (non-hydrogen) atoms. The van der Waals surface area contributed by atoms with Gasteiger partial charge in [-0.3, -0.25) is 14.5 Å². The maximum absolute atomic E-state index is 12.9. The summed E-state index contributed by atoms with van der Waals surface area (Å²) in [5, 5.41) is 4.09. The fourth-order valence-electron chi connectivity index (χ4n) is 4.38. The first-order valence-electron chi connectivity index (χ1n) is 11.9. The second kappa shape index (κ2) is 12.2. The van der Waals surface area contributed by atoms with Crippen LogP contribution >= 0.6 is 12.4 Å². The van der Waals surface area contributed by atoms with Crippen LogP contribution in [-0.2, 0) is 17.8 Å². The number of carbonyl (C=O) groups excluding carboxylic acids is 2. The molecule has 0 aliphatic carbocycles. The Labute approximate surface area is 207 Å². The van der Waals surface area contributed by atoms with E-state index in [9.17, 15) is 9.59 Å². The Hall–Kier alpha value is -2.65. The molecular weight excluding hydrogens is 456 g/mol. The second-order valence-electron chi connectivity index (χ2n) is 9.06. The van der Waals surface area contributed by atoms with Crippen LogP contribution in [0.1, 0.15) is 47.8 Å². The molecule has 0 spiro atoms. The summed E-state index contributed by atoms with van der Waals surface area (Å²) in [6, 6.07) is 7.73. The molecule has 186 valence electrons. The predicted molar refractivity (Wildman–Crippen MR) is 132 cm³/mol. The van der Waals surface area contributed by atoms with Crippen molar-refractivity contribution in [2.24, 2.45) is 0 Å². The van der Waals surface area contributed by atoms with Crippen molar-refractivity contribution in [2.45, 2.75) is 38.6 Å². The Kier molecular flexibility index (Phi) is 9.29. The quantitative estimate of drug-likeness (QED) is 0.589. The van der Waals surface area contributed by atoms with Gasteiger partial charge in [-0.2, -0.15) is 4.98 Å². The summed E-state index contributed by atoms with van der Waals surface area (Å²) in [6.07, 6.45) is 4.30. The van der Waals surface area contributed by atoms with Gasteiger partial charge in [0.2, 0.25) is 11.8 Å². The highest BCUT2D eigenvalue weighted by Crippen LogP contribution is 2.17. The van der Waals surface area contributed by atoms with Gasteiger partial charge in [0.15, 0.2) is 5.82 Å². The zero-order chi connectivity index (χ0) is 23.2. The van der Waals surface area contributed by atoms with E-state index in [-0.39, 0.29) is 24.2 Å². The maximum atomic E-state index is 12.9. The van der Waals surface area contributed by atoms with Crippen molar-refractivity contribution in [3.63, 3.8) is 0 Å². The first-order valence-corrected chi connectivity index (χ1v) is 11.9. The highest BCUT2D eigenvalue weighted by atomic mass is 35.5. The Balaban J connectivity index is 0.00000324. The Morgan fingerprint density at radius 2 is 1.74 bits per heavy atom. The van der Waals surface area contributed by atoms with Crippen LogP contribution in [0.5, 0.6) is 0 Å². The van der Waals surface area contributed by atoms with Crippen LogP contribution in [0.15, 0.2) is 28.8 Å². The fraction of sp³-hybridized carbons (Fsp3) is 0.583. The van der Waals surface area contributed by atoms with Gasteiger partial charge in [0.1, 0.15) is 0 Å². The number of piperidine rings is 1. The number of likely N-dealkylation sites (tertiary alicyclic amines) is 1. The molecule has 2 aliphatic rings. The number of hydrogen-bond acceptors (Lipinski definition) is 7. The number of carbonyl (C=O) groups is 2. The number of hydrogen-bond donors (Lipinski definition) is 0. The highest BCUT2D eigenvalue weighted by Gasteiger charge is 2.24. The lowest BCUT2D eigenvalue weighted by Crippen LogP contribution is -2.48. The van der Waals surface area contributed by atoms with E-state index in [0.717, 1.165) is 50.3 Å². The summed E-state index contributed by atoms with van der Waals surface area (Å²) in [4.78, 5) is 37.8. The first-order chi connectivity index (χ1) is 16.0. The molecule has 2 aromatic rings. The molecule has 3 heterocycles. The second-order valence-corrected chi connectivity index (χ2v) is 9.06. The number of aromatic nitrogens is 2. The van der Waals surface area contributed by atoms with Crippen molar-refractivity contribution >= 4 is 29.9 Å². The van der Waals surface area contributed by atoms with Crippen molar-refractivity contribution in [1.82, 2.24) is 24.8 Å². The molecule has 9 nitrogen and oxygen atoms in total. The molecule has 0 radical (unpaired) electrons. The van der Waals surface area contributed by atoms with Gasteiger partial charge in [-0.15, -0.1) is 12.4 Å². The number of benzene rings is 1. The number of aryl methyl sites for hydroxylation is 1. The number of nitrogens with zero attached hydrogens (tertiary/aromatic N) is 6. The van der Waals surface area contributed by atoms with Gasteiger partial charge >= 0.3 is 0 Å². The lowest BCUT2D eigenvalue weighted by atomic mass is 10.1. The SMILES string of the molecule is CN(C)c1cccc(C(=O)N2CCN(Cc3noc(CCC(=O)N4CCCCC4)n3)CC2)c1.Cl. The van der Waals surface area contributed by atoms with Gasteiger partial charge in [-0.25, -0.2) is 0 Å². The minimum Gasteiger partial charge on any atom is -0.378 e. The molecule has 10 heteroatoms. The number of amides is 2. The minimum absolute atomic E-state index is 0. The Morgan fingerprint density at radius 3 is 2.44 bits per heavy atom. The normalized spacial score (nSPS) is 16.8. The summed E-state index contributed by atoms with van der Waals surface area (Å²) < 4.78 is 5.36. The Bertz CT molecular complexity index is 952. The summed E-state index contributed by atoms with van der Waals surface area (Å²) in [5.41, 5.74) is 1.74. The van der Waals surface area contributed by atoms with Crippen LogP contribution in [-0.4, -0.2) is 90.0 Å². The molecule has 2 aliphatic heterocycles. The molecule has 0 atom stereocenters. The average Bonchev–Trinajstić information content (AvgIpc) is 3.30. The van der Waals surface area contributed by atoms with Gasteiger partial charge < -0.3 is 19.2 Å². The molecular formula is C24H35ClN6O3. The largest absolute Gasteiger partial charge is 0.378 e. The molecule has 1 aromatic carbocycles. The van der Waals surface area contributed by atoms with E-state index in [1.54, 1.807) is 0 Å². The van der Waals surface area contributed by atoms with Gasteiger partial charge in [-0.1, -0.05) is 11.2 Å².